The molecule has 0 radical (unpaired) electrons. The second-order valence-corrected chi connectivity index (χ2v) is 7.36. The third-order valence-electron chi connectivity index (χ3n) is 3.64. The number of primary sulfonamides is 1. The fourth-order valence-electron chi connectivity index (χ4n) is 2.49. The lowest BCUT2D eigenvalue weighted by Gasteiger charge is -2.18. The van der Waals surface area contributed by atoms with Gasteiger partial charge >= 0.3 is 5.97 Å². The molecule has 0 heterocycles. The Morgan fingerprint density at radius 1 is 1.28 bits per heavy atom. The lowest BCUT2D eigenvalue weighted by atomic mass is 10.0. The maximum atomic E-state index is 12.2. The third-order valence-corrected chi connectivity index (χ3v) is 5.13. The lowest BCUT2D eigenvalue weighted by molar-refractivity contribution is 0.0697. The molecule has 4 N–H and O–H groups in total. The van der Waals surface area contributed by atoms with Crippen molar-refractivity contribution in [2.24, 2.45) is 5.14 Å². The van der Waals surface area contributed by atoms with E-state index in [4.69, 9.17) is 16.7 Å². The van der Waals surface area contributed by atoms with Crippen molar-refractivity contribution in [2.45, 2.75) is 24.7 Å². The quantitative estimate of drug-likeness (QED) is 0.634. The number of aromatic carboxylic acids is 1. The minimum absolute atomic E-state index is 0.272. The van der Waals surface area contributed by atoms with Gasteiger partial charge in [-0.1, -0.05) is 55.3 Å². The fourth-order valence-corrected chi connectivity index (χ4v) is 3.91. The zero-order valence-electron chi connectivity index (χ0n) is 13.6. The molecule has 0 unspecified atom stereocenters. The molecule has 134 valence electrons. The summed E-state index contributed by atoms with van der Waals surface area (Å²) in [5.74, 6) is -1.33. The summed E-state index contributed by atoms with van der Waals surface area (Å²) in [5, 5.41) is 17.4. The van der Waals surface area contributed by atoms with Crippen LogP contribution in [0.4, 0.5) is 5.69 Å². The van der Waals surface area contributed by atoms with Crippen molar-refractivity contribution in [3.8, 4) is 11.1 Å². The molecular formula is C17H19ClN2O4S. The highest BCUT2D eigenvalue weighted by Crippen LogP contribution is 2.40. The van der Waals surface area contributed by atoms with Crippen molar-refractivity contribution >= 4 is 33.3 Å². The number of rotatable bonds is 7. The summed E-state index contributed by atoms with van der Waals surface area (Å²) in [7, 11) is -4.26. The average molecular weight is 383 g/mol. The number of hydrogen-bond acceptors (Lipinski definition) is 4. The van der Waals surface area contributed by atoms with E-state index in [2.05, 4.69) is 5.32 Å². The van der Waals surface area contributed by atoms with Crippen LogP contribution in [0.1, 0.15) is 30.1 Å². The van der Waals surface area contributed by atoms with Crippen LogP contribution in [0.15, 0.2) is 41.3 Å². The molecule has 0 spiro atoms. The average Bonchev–Trinajstić information content (AvgIpc) is 2.55. The molecule has 0 aliphatic heterocycles. The second kappa shape index (κ2) is 7.86. The molecule has 0 aliphatic carbocycles. The summed E-state index contributed by atoms with van der Waals surface area (Å²) in [4.78, 5) is 11.1. The molecule has 2 aromatic carbocycles. The molecular weight excluding hydrogens is 364 g/mol. The van der Waals surface area contributed by atoms with Gasteiger partial charge in [-0.15, -0.1) is 0 Å². The number of carbonyl (C=O) groups is 1. The number of unbranched alkanes of at least 4 members (excludes halogenated alkanes) is 1. The van der Waals surface area contributed by atoms with E-state index < -0.39 is 21.0 Å². The van der Waals surface area contributed by atoms with Gasteiger partial charge in [-0.05, 0) is 18.1 Å². The molecule has 2 aromatic rings. The van der Waals surface area contributed by atoms with Crippen LogP contribution in [0.3, 0.4) is 0 Å². The number of carboxylic acid groups (broad SMARTS) is 1. The first-order chi connectivity index (χ1) is 11.8. The third kappa shape index (κ3) is 4.31. The number of carboxylic acids is 1. The number of benzene rings is 2. The highest BCUT2D eigenvalue weighted by Gasteiger charge is 2.27. The normalized spacial score (nSPS) is 11.3. The van der Waals surface area contributed by atoms with Crippen molar-refractivity contribution in [2.75, 3.05) is 11.9 Å². The van der Waals surface area contributed by atoms with Crippen LogP contribution in [0.5, 0.6) is 0 Å². The van der Waals surface area contributed by atoms with Crippen molar-refractivity contribution in [3.05, 3.63) is 47.0 Å². The maximum Gasteiger partial charge on any atom is 0.337 e. The predicted octanol–water partition coefficient (Wildman–Crippen LogP) is 3.56. The molecule has 0 saturated heterocycles. The van der Waals surface area contributed by atoms with Crippen LogP contribution in [0, 0.1) is 0 Å². The summed E-state index contributed by atoms with van der Waals surface area (Å²) in [6.07, 6.45) is 1.76. The number of nitrogens with one attached hydrogen (secondary N) is 1. The summed E-state index contributed by atoms with van der Waals surface area (Å²) >= 11 is 6.11. The Hall–Kier alpha value is -2.09. The van der Waals surface area contributed by atoms with E-state index in [1.54, 1.807) is 30.3 Å². The van der Waals surface area contributed by atoms with Crippen LogP contribution in [-0.4, -0.2) is 26.0 Å². The van der Waals surface area contributed by atoms with Crippen molar-refractivity contribution in [1.82, 2.24) is 0 Å². The van der Waals surface area contributed by atoms with Gasteiger partial charge < -0.3 is 10.4 Å². The second-order valence-electron chi connectivity index (χ2n) is 5.49. The Morgan fingerprint density at radius 2 is 1.92 bits per heavy atom. The minimum atomic E-state index is -4.26. The molecule has 25 heavy (non-hydrogen) atoms. The van der Waals surface area contributed by atoms with Gasteiger partial charge in [0, 0.05) is 17.8 Å². The van der Waals surface area contributed by atoms with Crippen LogP contribution in [0.25, 0.3) is 11.1 Å². The van der Waals surface area contributed by atoms with Gasteiger partial charge in [0.15, 0.2) is 0 Å². The summed E-state index contributed by atoms with van der Waals surface area (Å²) in [5.41, 5.74) is 0.897. The monoisotopic (exact) mass is 382 g/mol. The summed E-state index contributed by atoms with van der Waals surface area (Å²) < 4.78 is 24.4. The smallest absolute Gasteiger partial charge is 0.337 e. The molecule has 0 aliphatic rings. The molecule has 8 heteroatoms. The van der Waals surface area contributed by atoms with Gasteiger partial charge in [0.2, 0.25) is 10.0 Å². The first kappa shape index (κ1) is 19.2. The number of anilines is 1. The molecule has 0 fully saturated rings. The van der Waals surface area contributed by atoms with E-state index in [-0.39, 0.29) is 16.0 Å². The van der Waals surface area contributed by atoms with Crippen LogP contribution in [0.2, 0.25) is 5.02 Å². The van der Waals surface area contributed by atoms with Gasteiger partial charge in [-0.25, -0.2) is 18.4 Å². The lowest BCUT2D eigenvalue weighted by Crippen LogP contribution is -2.17. The first-order valence-corrected chi connectivity index (χ1v) is 9.61. The first-order valence-electron chi connectivity index (χ1n) is 7.69. The standard InChI is InChI=1S/C17H19ClN2O4S/c1-2-3-9-20-13-10-12(17(21)22)15(18)16(25(19,23)24)14(13)11-7-5-4-6-8-11/h4-8,10,20H,2-3,9H2,1H3,(H,21,22)(H2,19,23,24). The number of nitrogens with two attached hydrogens (primary N) is 1. The van der Waals surface area contributed by atoms with Crippen LogP contribution in [-0.2, 0) is 10.0 Å². The van der Waals surface area contributed by atoms with Gasteiger partial charge in [0.25, 0.3) is 0 Å². The maximum absolute atomic E-state index is 12.2. The molecule has 6 nitrogen and oxygen atoms in total. The number of sulfonamides is 1. The Balaban J connectivity index is 2.84. The SMILES string of the molecule is CCCCNc1cc(C(=O)O)c(Cl)c(S(N)(=O)=O)c1-c1ccccc1. The van der Waals surface area contributed by atoms with Crippen LogP contribution < -0.4 is 10.5 Å². The fraction of sp³-hybridized carbons (Fsp3) is 0.235. The highest BCUT2D eigenvalue weighted by atomic mass is 35.5. The van der Waals surface area contributed by atoms with Crippen molar-refractivity contribution < 1.29 is 18.3 Å². The van der Waals surface area contributed by atoms with E-state index >= 15 is 0 Å². The van der Waals surface area contributed by atoms with Crippen molar-refractivity contribution in [1.29, 1.82) is 0 Å². The molecule has 0 saturated carbocycles. The van der Waals surface area contributed by atoms with E-state index in [1.807, 2.05) is 6.92 Å². The molecule has 0 atom stereocenters. The van der Waals surface area contributed by atoms with E-state index in [9.17, 15) is 18.3 Å². The van der Waals surface area contributed by atoms with Gasteiger partial charge in [-0.2, -0.15) is 0 Å². The molecule has 0 aromatic heterocycles. The van der Waals surface area contributed by atoms with E-state index in [0.717, 1.165) is 12.8 Å². The topological polar surface area (TPSA) is 109 Å². The van der Waals surface area contributed by atoms with Gasteiger partial charge in [0.05, 0.1) is 10.6 Å². The Morgan fingerprint density at radius 3 is 2.44 bits per heavy atom. The number of halogens is 1. The Bertz CT molecular complexity index is 883. The Kier molecular flexibility index (Phi) is 6.05. The summed E-state index contributed by atoms with van der Waals surface area (Å²) in [6.45, 7) is 2.57. The highest BCUT2D eigenvalue weighted by molar-refractivity contribution is 7.89. The van der Waals surface area contributed by atoms with Crippen molar-refractivity contribution in [3.63, 3.8) is 0 Å². The zero-order chi connectivity index (χ0) is 18.6. The van der Waals surface area contributed by atoms with Crippen LogP contribution >= 0.6 is 11.6 Å². The molecule has 2 rings (SSSR count). The van der Waals surface area contributed by atoms with E-state index in [0.29, 0.717) is 17.8 Å². The predicted molar refractivity (Wildman–Crippen MR) is 98.6 cm³/mol. The summed E-state index contributed by atoms with van der Waals surface area (Å²) in [6, 6.07) is 10.1. The van der Waals surface area contributed by atoms with Gasteiger partial charge in [-0.3, -0.25) is 0 Å². The molecule has 0 bridgehead atoms. The largest absolute Gasteiger partial charge is 0.478 e. The zero-order valence-corrected chi connectivity index (χ0v) is 15.2. The van der Waals surface area contributed by atoms with Gasteiger partial charge in [0.1, 0.15) is 4.90 Å². The molecule has 0 amide bonds. The number of hydrogen-bond donors (Lipinski definition) is 3. The van der Waals surface area contributed by atoms with E-state index in [1.165, 1.54) is 6.07 Å². The Labute approximate surface area is 151 Å². The minimum Gasteiger partial charge on any atom is -0.478 e.